The number of aromatic nitrogens is 2. The maximum absolute atomic E-state index is 14.6. The Bertz CT molecular complexity index is 1100. The Hall–Kier alpha value is -4.12. The molecule has 0 aliphatic carbocycles. The molecule has 31 heavy (non-hydrogen) atoms. The van der Waals surface area contributed by atoms with Crippen LogP contribution in [-0.4, -0.2) is 22.5 Å². The fraction of sp³-hybridized carbons (Fsp3) is 0.174. The van der Waals surface area contributed by atoms with Gasteiger partial charge in [0, 0.05) is 30.2 Å². The maximum Gasteiger partial charge on any atom is 0.341 e. The van der Waals surface area contributed by atoms with Crippen LogP contribution in [0.5, 0.6) is 11.5 Å². The number of nitrogen functional groups attached to an aromatic ring is 1. The number of carbonyl (C=O) groups excluding carboxylic acids is 1. The number of nitrogens with zero attached hydrogens (tertiary/aromatic N) is 2. The van der Waals surface area contributed by atoms with Crippen LogP contribution in [0.3, 0.4) is 0 Å². The standard InChI is InChI=1S/C21H17FN4O3.C2H6/c1-3-14-17(9-11-24-19(14)23)29-18-8-7-13(12-16(18)22)26-20-15(6-5-10-25-20)21(27)28-4-2;1-2/h1,5-12H,4H2,2H3,(H2,23,24)(H,25,26);1-2H3. The summed E-state index contributed by atoms with van der Waals surface area (Å²) >= 11 is 0. The van der Waals surface area contributed by atoms with Gasteiger partial charge in [0.15, 0.2) is 11.6 Å². The van der Waals surface area contributed by atoms with Gasteiger partial charge in [-0.05, 0) is 31.2 Å². The largest absolute Gasteiger partial charge is 0.462 e. The van der Waals surface area contributed by atoms with Crippen molar-refractivity contribution in [3.05, 3.63) is 65.7 Å². The highest BCUT2D eigenvalue weighted by Crippen LogP contribution is 2.31. The Morgan fingerprint density at radius 1 is 1.19 bits per heavy atom. The first-order chi connectivity index (χ1) is 15.0. The summed E-state index contributed by atoms with van der Waals surface area (Å²) in [6.07, 6.45) is 8.34. The smallest absolute Gasteiger partial charge is 0.341 e. The SMILES string of the molecule is C#Cc1c(Oc2ccc(Nc3ncccc3C(=O)OCC)cc2F)ccnc1N.CC. The molecule has 3 rings (SSSR count). The van der Waals surface area contributed by atoms with Crippen molar-refractivity contribution in [3.63, 3.8) is 0 Å². The summed E-state index contributed by atoms with van der Waals surface area (Å²) in [5.74, 6) is 1.72. The number of esters is 1. The van der Waals surface area contributed by atoms with Gasteiger partial charge < -0.3 is 20.5 Å². The van der Waals surface area contributed by atoms with Crippen LogP contribution in [0.2, 0.25) is 0 Å². The Morgan fingerprint density at radius 3 is 2.65 bits per heavy atom. The van der Waals surface area contributed by atoms with Gasteiger partial charge >= 0.3 is 5.97 Å². The minimum absolute atomic E-state index is 0.0516. The molecule has 0 saturated heterocycles. The summed E-state index contributed by atoms with van der Waals surface area (Å²) in [6.45, 7) is 5.94. The fourth-order valence-electron chi connectivity index (χ4n) is 2.48. The van der Waals surface area contributed by atoms with Gasteiger partial charge in [0.2, 0.25) is 0 Å². The lowest BCUT2D eigenvalue weighted by molar-refractivity contribution is 0.0527. The van der Waals surface area contributed by atoms with Gasteiger partial charge in [0.25, 0.3) is 0 Å². The molecule has 0 spiro atoms. The molecule has 0 unspecified atom stereocenters. The van der Waals surface area contributed by atoms with Crippen molar-refractivity contribution in [1.82, 2.24) is 9.97 Å². The second-order valence-corrected chi connectivity index (χ2v) is 5.71. The number of anilines is 3. The summed E-state index contributed by atoms with van der Waals surface area (Å²) < 4.78 is 25.1. The number of halogens is 1. The molecule has 2 aromatic heterocycles. The number of nitrogens with two attached hydrogens (primary N) is 1. The van der Waals surface area contributed by atoms with Crippen LogP contribution in [0.4, 0.5) is 21.7 Å². The number of hydrogen-bond acceptors (Lipinski definition) is 7. The minimum atomic E-state index is -0.651. The molecule has 7 nitrogen and oxygen atoms in total. The molecule has 0 fully saturated rings. The first-order valence-electron chi connectivity index (χ1n) is 9.61. The summed E-state index contributed by atoms with van der Waals surface area (Å²) in [7, 11) is 0. The van der Waals surface area contributed by atoms with Crippen LogP contribution in [0.15, 0.2) is 48.8 Å². The Labute approximate surface area is 180 Å². The highest BCUT2D eigenvalue weighted by molar-refractivity contribution is 5.95. The maximum atomic E-state index is 14.6. The molecule has 0 aliphatic heterocycles. The van der Waals surface area contributed by atoms with Crippen LogP contribution >= 0.6 is 0 Å². The predicted octanol–water partition coefficient (Wildman–Crippen LogP) is 4.92. The molecular formula is C23H23FN4O3. The molecule has 1 aromatic carbocycles. The predicted molar refractivity (Wildman–Crippen MR) is 118 cm³/mol. The first kappa shape index (κ1) is 23.2. The van der Waals surface area contributed by atoms with E-state index in [0.29, 0.717) is 5.69 Å². The summed E-state index contributed by atoms with van der Waals surface area (Å²) in [6, 6.07) is 8.87. The van der Waals surface area contributed by atoms with Crippen molar-refractivity contribution < 1.29 is 18.7 Å². The summed E-state index contributed by atoms with van der Waals surface area (Å²) in [4.78, 5) is 20.0. The minimum Gasteiger partial charge on any atom is -0.462 e. The lowest BCUT2D eigenvalue weighted by atomic mass is 10.2. The second kappa shape index (κ2) is 11.2. The van der Waals surface area contributed by atoms with Gasteiger partial charge in [-0.3, -0.25) is 0 Å². The fourth-order valence-corrected chi connectivity index (χ4v) is 2.48. The molecule has 0 radical (unpaired) electrons. The van der Waals surface area contributed by atoms with Gasteiger partial charge in [0.1, 0.15) is 28.5 Å². The zero-order chi connectivity index (χ0) is 22.8. The number of rotatable bonds is 6. The van der Waals surface area contributed by atoms with Gasteiger partial charge in [0.05, 0.1) is 6.61 Å². The molecule has 0 saturated carbocycles. The zero-order valence-corrected chi connectivity index (χ0v) is 17.5. The monoisotopic (exact) mass is 422 g/mol. The van der Waals surface area contributed by atoms with Gasteiger partial charge in [-0.15, -0.1) is 6.42 Å². The van der Waals surface area contributed by atoms with Crippen molar-refractivity contribution >= 4 is 23.3 Å². The Kier molecular flexibility index (Phi) is 8.34. The molecule has 0 atom stereocenters. The van der Waals surface area contributed by atoms with Crippen LogP contribution < -0.4 is 15.8 Å². The van der Waals surface area contributed by atoms with Crippen molar-refractivity contribution in [2.45, 2.75) is 20.8 Å². The number of nitrogens with one attached hydrogen (secondary N) is 1. The molecule has 160 valence electrons. The van der Waals surface area contributed by atoms with E-state index in [1.54, 1.807) is 25.1 Å². The number of pyridine rings is 2. The van der Waals surface area contributed by atoms with E-state index in [1.165, 1.54) is 30.6 Å². The third-order valence-electron chi connectivity index (χ3n) is 3.80. The normalized spacial score (nSPS) is 9.65. The lowest BCUT2D eigenvalue weighted by Crippen LogP contribution is -2.09. The van der Waals surface area contributed by atoms with Gasteiger partial charge in [-0.1, -0.05) is 19.8 Å². The van der Waals surface area contributed by atoms with Crippen LogP contribution in [0.1, 0.15) is 36.7 Å². The molecule has 0 bridgehead atoms. The Morgan fingerprint density at radius 2 is 1.97 bits per heavy atom. The number of carbonyl (C=O) groups is 1. The van der Waals surface area contributed by atoms with E-state index in [2.05, 4.69) is 21.2 Å². The van der Waals surface area contributed by atoms with Crippen molar-refractivity contribution in [2.75, 3.05) is 17.7 Å². The third kappa shape index (κ3) is 5.70. The topological polar surface area (TPSA) is 99.4 Å². The number of terminal acetylenes is 1. The average molecular weight is 422 g/mol. The van der Waals surface area contributed by atoms with Crippen LogP contribution in [-0.2, 0) is 4.74 Å². The van der Waals surface area contributed by atoms with E-state index in [9.17, 15) is 9.18 Å². The summed E-state index contributed by atoms with van der Waals surface area (Å²) in [5.41, 5.74) is 6.55. The van der Waals surface area contributed by atoms with E-state index in [1.807, 2.05) is 13.8 Å². The molecule has 0 aliphatic rings. The molecule has 2 heterocycles. The van der Waals surface area contributed by atoms with E-state index >= 15 is 0 Å². The van der Waals surface area contributed by atoms with E-state index < -0.39 is 11.8 Å². The van der Waals surface area contributed by atoms with E-state index in [-0.39, 0.29) is 40.9 Å². The number of ether oxygens (including phenoxy) is 2. The molecule has 8 heteroatoms. The molecule has 0 amide bonds. The van der Waals surface area contributed by atoms with Crippen molar-refractivity contribution in [1.29, 1.82) is 0 Å². The average Bonchev–Trinajstić information content (AvgIpc) is 2.78. The highest BCUT2D eigenvalue weighted by Gasteiger charge is 2.15. The highest BCUT2D eigenvalue weighted by atomic mass is 19.1. The van der Waals surface area contributed by atoms with Gasteiger partial charge in [-0.2, -0.15) is 0 Å². The summed E-state index contributed by atoms with van der Waals surface area (Å²) in [5, 5.41) is 2.91. The van der Waals surface area contributed by atoms with E-state index in [4.69, 9.17) is 21.6 Å². The molecular weight excluding hydrogens is 399 g/mol. The first-order valence-corrected chi connectivity index (χ1v) is 9.61. The molecule has 3 N–H and O–H groups in total. The molecule has 3 aromatic rings. The number of benzene rings is 1. The second-order valence-electron chi connectivity index (χ2n) is 5.71. The van der Waals surface area contributed by atoms with Crippen LogP contribution in [0.25, 0.3) is 0 Å². The third-order valence-corrected chi connectivity index (χ3v) is 3.80. The number of hydrogen-bond donors (Lipinski definition) is 2. The van der Waals surface area contributed by atoms with Gasteiger partial charge in [-0.25, -0.2) is 19.2 Å². The quantitative estimate of drug-likeness (QED) is 0.430. The van der Waals surface area contributed by atoms with E-state index in [0.717, 1.165) is 0 Å². The zero-order valence-electron chi connectivity index (χ0n) is 17.5. The van der Waals surface area contributed by atoms with Crippen LogP contribution in [0, 0.1) is 18.2 Å². The van der Waals surface area contributed by atoms with Crippen molar-refractivity contribution in [2.24, 2.45) is 0 Å². The Balaban J connectivity index is 0.00000166. The van der Waals surface area contributed by atoms with Crippen molar-refractivity contribution in [3.8, 4) is 23.8 Å². The lowest BCUT2D eigenvalue weighted by Gasteiger charge is -2.13.